The Bertz CT molecular complexity index is 2720. The van der Waals surface area contributed by atoms with E-state index in [0.29, 0.717) is 76.6 Å². The van der Waals surface area contributed by atoms with Crippen LogP contribution in [0.25, 0.3) is 6.08 Å². The van der Waals surface area contributed by atoms with E-state index in [1.807, 2.05) is 101 Å². The van der Waals surface area contributed by atoms with Crippen LogP contribution < -0.4 is 36.1 Å². The molecule has 2 fully saturated rings. The molecule has 80 heavy (non-hydrogen) atoms. The number of nitrogens with zero attached hydrogens (tertiary/aromatic N) is 4. The highest BCUT2D eigenvalue weighted by Gasteiger charge is 2.51. The van der Waals surface area contributed by atoms with Crippen LogP contribution in [0.2, 0.25) is 0 Å². The van der Waals surface area contributed by atoms with Crippen LogP contribution in [0.5, 0.6) is 11.5 Å². The number of morpholine rings is 1. The average Bonchev–Trinajstić information content (AvgIpc) is 4.03. The molecule has 5 amide bonds. The molecule has 2 aliphatic rings. The highest BCUT2D eigenvalue weighted by atomic mass is 16.6. The summed E-state index contributed by atoms with van der Waals surface area (Å²) in [5.41, 5.74) is 2.08. The zero-order valence-corrected chi connectivity index (χ0v) is 47.5. The number of unbranched alkanes of at least 4 members (excludes halogenated alkanes) is 1. The number of ether oxygens (including phenoxy) is 4. The van der Waals surface area contributed by atoms with Crippen LogP contribution in [0.4, 0.5) is 0 Å². The van der Waals surface area contributed by atoms with Gasteiger partial charge in [0.15, 0.2) is 23.8 Å². The van der Waals surface area contributed by atoms with Crippen molar-refractivity contribution < 1.29 is 57.0 Å². The summed E-state index contributed by atoms with van der Waals surface area (Å²) in [7, 11) is 0. The maximum Gasteiger partial charge on any atom is 0.308 e. The molecule has 2 unspecified atom stereocenters. The van der Waals surface area contributed by atoms with E-state index < -0.39 is 53.5 Å². The number of quaternary nitrogens is 1. The maximum absolute atomic E-state index is 14.7. The minimum atomic E-state index is -1.24. The van der Waals surface area contributed by atoms with Crippen molar-refractivity contribution >= 4 is 47.4 Å². The number of aromatic nitrogens is 3. The normalized spacial score (nSPS) is 17.2. The number of aryl methyl sites for hydroxylation is 2. The lowest BCUT2D eigenvalue weighted by atomic mass is 9.92. The second-order valence-corrected chi connectivity index (χ2v) is 21.9. The highest BCUT2D eigenvalue weighted by Crippen LogP contribution is 2.32. The molecule has 1 aromatic heterocycles. The molecule has 0 radical (unpaired) electrons. The third kappa shape index (κ3) is 19.8. The van der Waals surface area contributed by atoms with Gasteiger partial charge in [-0.15, -0.1) is 5.10 Å². The van der Waals surface area contributed by atoms with Crippen LogP contribution in [0.3, 0.4) is 0 Å². The van der Waals surface area contributed by atoms with Crippen LogP contribution in [-0.4, -0.2) is 137 Å². The van der Waals surface area contributed by atoms with E-state index in [-0.39, 0.29) is 72.3 Å². The number of hydrogen-bond donors (Lipinski definition) is 5. The first-order valence-electron chi connectivity index (χ1n) is 28.0. The first kappa shape index (κ1) is 61.9. The second kappa shape index (κ2) is 30.3. The zero-order valence-electron chi connectivity index (χ0n) is 47.5. The Hall–Kier alpha value is -7.29. The molecular weight excluding hydrogens is 1020 g/mol. The third-order valence-corrected chi connectivity index (χ3v) is 14.0. The van der Waals surface area contributed by atoms with Crippen LogP contribution >= 0.6 is 0 Å². The molecular formula is C60H82N9O11+. The third-order valence-electron chi connectivity index (χ3n) is 14.0. The Labute approximate surface area is 470 Å². The summed E-state index contributed by atoms with van der Waals surface area (Å²) in [6, 6.07) is 19.8. The van der Waals surface area contributed by atoms with Crippen molar-refractivity contribution in [2.24, 2.45) is 11.8 Å². The molecule has 5 N–H and O–H groups in total. The van der Waals surface area contributed by atoms with Gasteiger partial charge in [-0.3, -0.25) is 38.2 Å². The summed E-state index contributed by atoms with van der Waals surface area (Å²) >= 11 is 0. The summed E-state index contributed by atoms with van der Waals surface area (Å²) < 4.78 is 25.0. The van der Waals surface area contributed by atoms with Gasteiger partial charge in [0.2, 0.25) is 23.6 Å². The fourth-order valence-corrected chi connectivity index (χ4v) is 9.40. The van der Waals surface area contributed by atoms with Gasteiger partial charge in [0, 0.05) is 32.0 Å². The van der Waals surface area contributed by atoms with Gasteiger partial charge < -0.3 is 50.0 Å². The average molecular weight is 1110 g/mol. The fraction of sp³-hybridized carbons (Fsp3) is 0.517. The smallest absolute Gasteiger partial charge is 0.308 e. The number of benzene rings is 3. The molecule has 6 rings (SSSR count). The van der Waals surface area contributed by atoms with Crippen molar-refractivity contribution in [3.05, 3.63) is 114 Å². The SMILES string of the molecule is CCCNC(=O)CCCCn1cc(COc2cc(C[N+]3(CC(=O)N[C@@H](CCc4ccccc4)C(=O)N[C@@H](CC(C)C)C(=O)NC(/C=C/c4ccccc4)C(=O)NC(C(=O)[C@@]4(C)CO4)C(C)C)CCOCC3)ccc2OC(C)=O)nn1. The van der Waals surface area contributed by atoms with Crippen molar-refractivity contribution in [2.45, 2.75) is 143 Å². The standard InChI is InChI=1S/C60H81N9O11/c1-8-28-61-53(71)21-15-16-29-68-36-47(66-67-68)39-78-52-35-46(24-27-51(52)80-43(6)70)37-69(30-32-77-33-31-69)38-54(72)62-48(25-22-44-17-11-9-12-18-44)57(74)64-50(34-41(2)3)59(76)63-49(26-23-45-19-13-10-14-20-45)58(75)65-55(42(4)5)56(73)60(7)40-79-60/h9-14,17-20,23-24,26-27,35-36,41-42,48-50,55H,8,15-16,21-22,25,28-34,37-40H2,1-7H3,(H4-,61,62,63,64,65,71,72,74,75,76)/p+1/b26-23+/t48-,49?,50-,55?,60+/m0/s1. The molecule has 20 heteroatoms. The Balaban J connectivity index is 1.17. The maximum atomic E-state index is 14.7. The van der Waals surface area contributed by atoms with Gasteiger partial charge in [-0.25, -0.2) is 0 Å². The Morgan fingerprint density at radius 3 is 2.17 bits per heavy atom. The number of carbonyl (C=O) groups excluding carboxylic acids is 7. The molecule has 4 aromatic rings. The van der Waals surface area contributed by atoms with E-state index in [9.17, 15) is 33.6 Å². The summed E-state index contributed by atoms with van der Waals surface area (Å²) in [6.07, 6.45) is 8.66. The first-order valence-corrected chi connectivity index (χ1v) is 28.0. The molecule has 432 valence electrons. The van der Waals surface area contributed by atoms with E-state index >= 15 is 0 Å². The molecule has 2 aliphatic heterocycles. The molecule has 3 heterocycles. The molecule has 0 saturated carbocycles. The van der Waals surface area contributed by atoms with Crippen LogP contribution in [0.15, 0.2) is 91.1 Å². The van der Waals surface area contributed by atoms with Crippen LogP contribution in [-0.2, 0) is 69.2 Å². The predicted octanol–water partition coefficient (Wildman–Crippen LogP) is 5.17. The number of amides is 5. The monoisotopic (exact) mass is 1100 g/mol. The van der Waals surface area contributed by atoms with E-state index in [4.69, 9.17) is 18.9 Å². The minimum Gasteiger partial charge on any atom is -0.483 e. The first-order chi connectivity index (χ1) is 38.3. The van der Waals surface area contributed by atoms with Crippen LogP contribution in [0, 0.1) is 11.8 Å². The molecule has 2 saturated heterocycles. The van der Waals surface area contributed by atoms with E-state index in [0.717, 1.165) is 29.5 Å². The molecule has 0 aliphatic carbocycles. The van der Waals surface area contributed by atoms with Crippen molar-refractivity contribution in [1.29, 1.82) is 0 Å². The van der Waals surface area contributed by atoms with Gasteiger partial charge in [-0.1, -0.05) is 113 Å². The predicted molar refractivity (Wildman–Crippen MR) is 300 cm³/mol. The van der Waals surface area contributed by atoms with Crippen molar-refractivity contribution in [3.8, 4) is 11.5 Å². The number of ketones is 1. The summed E-state index contributed by atoms with van der Waals surface area (Å²) in [6.45, 7) is 16.1. The number of esters is 1. The van der Waals surface area contributed by atoms with Gasteiger partial charge in [0.1, 0.15) is 55.7 Å². The van der Waals surface area contributed by atoms with Gasteiger partial charge in [0.25, 0.3) is 5.91 Å². The topological polar surface area (TPSA) is 251 Å². The number of carbonyl (C=O) groups is 7. The summed E-state index contributed by atoms with van der Waals surface area (Å²) in [4.78, 5) is 95.5. The lowest BCUT2D eigenvalue weighted by molar-refractivity contribution is -0.940. The Morgan fingerprint density at radius 1 is 0.812 bits per heavy atom. The second-order valence-electron chi connectivity index (χ2n) is 21.9. The van der Waals surface area contributed by atoms with Gasteiger partial charge in [-0.05, 0) is 86.6 Å². The number of Topliss-reactive ketones (excluding diaryl/α,β-unsaturated/α-hetero) is 1. The van der Waals surface area contributed by atoms with Crippen molar-refractivity contribution in [3.63, 3.8) is 0 Å². The lowest BCUT2D eigenvalue weighted by Crippen LogP contribution is -2.61. The van der Waals surface area contributed by atoms with E-state index in [1.54, 1.807) is 42.1 Å². The largest absolute Gasteiger partial charge is 0.483 e. The number of nitrogens with one attached hydrogen (secondary N) is 5. The number of rotatable bonds is 32. The fourth-order valence-electron chi connectivity index (χ4n) is 9.40. The van der Waals surface area contributed by atoms with E-state index in [1.165, 1.54) is 6.92 Å². The zero-order chi connectivity index (χ0) is 57.7. The van der Waals surface area contributed by atoms with Gasteiger partial charge >= 0.3 is 5.97 Å². The van der Waals surface area contributed by atoms with E-state index in [2.05, 4.69) is 36.9 Å². The van der Waals surface area contributed by atoms with Gasteiger partial charge in [0.05, 0.1) is 32.1 Å². The number of hydrogen-bond acceptors (Lipinski definition) is 13. The molecule has 5 atom stereocenters. The number of epoxide rings is 1. The van der Waals surface area contributed by atoms with Crippen molar-refractivity contribution in [1.82, 2.24) is 41.6 Å². The van der Waals surface area contributed by atoms with Crippen molar-refractivity contribution in [2.75, 3.05) is 46.0 Å². The quantitative estimate of drug-likeness (QED) is 0.0139. The molecule has 0 spiro atoms. The Kier molecular flexibility index (Phi) is 23.5. The Morgan fingerprint density at radius 2 is 1.51 bits per heavy atom. The van der Waals surface area contributed by atoms with Gasteiger partial charge in [-0.2, -0.15) is 0 Å². The highest BCUT2D eigenvalue weighted by molar-refractivity contribution is 5.99. The van der Waals surface area contributed by atoms with Crippen LogP contribution in [0.1, 0.15) is 109 Å². The minimum absolute atomic E-state index is 0.0154. The summed E-state index contributed by atoms with van der Waals surface area (Å²) in [5, 5.41) is 23.1. The summed E-state index contributed by atoms with van der Waals surface area (Å²) in [5.74, 6) is -2.78. The molecule has 0 bridgehead atoms. The molecule has 20 nitrogen and oxygen atoms in total. The lowest BCUT2D eigenvalue weighted by Gasteiger charge is -2.41. The molecule has 3 aromatic carbocycles.